The lowest BCUT2D eigenvalue weighted by Crippen LogP contribution is -2.73. The molecule has 1 saturated carbocycles. The molecule has 2 fully saturated rings. The minimum absolute atomic E-state index is 0.0315. The van der Waals surface area contributed by atoms with Crippen LogP contribution in [0.2, 0.25) is 0 Å². The first-order valence-electron chi connectivity index (χ1n) is 11.0. The highest BCUT2D eigenvalue weighted by molar-refractivity contribution is 7.84. The van der Waals surface area contributed by atoms with Crippen LogP contribution >= 0.6 is 11.3 Å². The van der Waals surface area contributed by atoms with E-state index in [-0.39, 0.29) is 46.8 Å². The van der Waals surface area contributed by atoms with Crippen molar-refractivity contribution in [2.45, 2.75) is 43.6 Å². The SMILES string of the molecule is NCC(=O)NCc1cnn(CC2C(NC(=O)/C(=N\OC3(C(=O)O)CC3)c3csc(N)n3)C(=O)N2S(=O)(=O)O)n1. The lowest BCUT2D eigenvalue weighted by atomic mass is 9.98. The maximum absolute atomic E-state index is 13.1. The second kappa shape index (κ2) is 10.5. The Morgan fingerprint density at radius 2 is 2.05 bits per heavy atom. The first kappa shape index (κ1) is 27.8. The lowest BCUT2D eigenvalue weighted by molar-refractivity contribution is -0.153. The maximum atomic E-state index is 13.1. The van der Waals surface area contributed by atoms with Gasteiger partial charge in [0.2, 0.25) is 11.5 Å². The van der Waals surface area contributed by atoms with Crippen molar-refractivity contribution in [3.63, 3.8) is 0 Å². The molecule has 0 spiro atoms. The Labute approximate surface area is 223 Å². The number of nitrogen functional groups attached to an aromatic ring is 1. The third-order valence-electron chi connectivity index (χ3n) is 5.68. The number of hydrogen-bond acceptors (Lipinski definition) is 14. The van der Waals surface area contributed by atoms with Gasteiger partial charge in [0, 0.05) is 18.2 Å². The smallest absolute Gasteiger partial charge is 0.362 e. The fraction of sp³-hybridized carbons (Fsp3) is 0.444. The summed E-state index contributed by atoms with van der Waals surface area (Å²) in [6, 6.07) is -2.87. The number of oxime groups is 1. The van der Waals surface area contributed by atoms with Crippen molar-refractivity contribution in [3.05, 3.63) is 23.0 Å². The predicted molar refractivity (Wildman–Crippen MR) is 129 cm³/mol. The number of hydrogen-bond donors (Lipinski definition) is 6. The van der Waals surface area contributed by atoms with Crippen LogP contribution in [0.1, 0.15) is 24.2 Å². The summed E-state index contributed by atoms with van der Waals surface area (Å²) in [5, 5.41) is 27.2. The Morgan fingerprint density at radius 1 is 1.33 bits per heavy atom. The van der Waals surface area contributed by atoms with Crippen LogP contribution < -0.4 is 22.1 Å². The van der Waals surface area contributed by atoms with Crippen LogP contribution in [-0.2, 0) is 47.4 Å². The summed E-state index contributed by atoms with van der Waals surface area (Å²) in [6.07, 6.45) is 1.58. The molecule has 4 rings (SSSR count). The number of carbonyl (C=O) groups is 4. The van der Waals surface area contributed by atoms with E-state index in [1.165, 1.54) is 11.6 Å². The quantitative estimate of drug-likeness (QED) is 0.0607. The molecule has 8 N–H and O–H groups in total. The monoisotopic (exact) mass is 586 g/mol. The molecule has 3 amide bonds. The van der Waals surface area contributed by atoms with E-state index >= 15 is 0 Å². The van der Waals surface area contributed by atoms with Gasteiger partial charge in [-0.25, -0.2) is 14.1 Å². The molecule has 0 radical (unpaired) electrons. The van der Waals surface area contributed by atoms with Gasteiger partial charge in [-0.05, 0) is 0 Å². The van der Waals surface area contributed by atoms with E-state index in [0.29, 0.717) is 0 Å². The first-order chi connectivity index (χ1) is 18.3. The molecule has 39 heavy (non-hydrogen) atoms. The molecule has 21 heteroatoms. The number of nitrogens with two attached hydrogens (primary N) is 2. The van der Waals surface area contributed by atoms with Gasteiger partial charge in [0.25, 0.3) is 11.8 Å². The number of amides is 3. The summed E-state index contributed by atoms with van der Waals surface area (Å²) in [7, 11) is -5.03. The zero-order chi connectivity index (χ0) is 28.5. The minimum atomic E-state index is -5.03. The van der Waals surface area contributed by atoms with E-state index in [1.54, 1.807) is 0 Å². The number of aromatic nitrogens is 4. The van der Waals surface area contributed by atoms with Crippen molar-refractivity contribution in [1.29, 1.82) is 0 Å². The number of β-lactam (4-membered cyclic amide) rings is 1. The molecule has 1 aliphatic carbocycles. The fourth-order valence-corrected chi connectivity index (χ4v) is 4.89. The van der Waals surface area contributed by atoms with Crippen molar-refractivity contribution in [2.75, 3.05) is 12.3 Å². The number of anilines is 1. The molecule has 1 saturated heterocycles. The molecule has 210 valence electrons. The number of nitrogens with one attached hydrogen (secondary N) is 2. The van der Waals surface area contributed by atoms with E-state index in [9.17, 15) is 37.3 Å². The van der Waals surface area contributed by atoms with Gasteiger partial charge in [0.15, 0.2) is 10.8 Å². The largest absolute Gasteiger partial charge is 0.478 e. The predicted octanol–water partition coefficient (Wildman–Crippen LogP) is -3.57. The second-order valence-corrected chi connectivity index (χ2v) is 10.6. The topological polar surface area (TPSA) is 287 Å². The summed E-state index contributed by atoms with van der Waals surface area (Å²) < 4.78 is 33.3. The Balaban J connectivity index is 1.54. The third-order valence-corrected chi connectivity index (χ3v) is 7.30. The molecular formula is C18H22N10O9S2. The highest BCUT2D eigenvalue weighted by Gasteiger charge is 2.56. The number of rotatable bonds is 12. The Kier molecular flexibility index (Phi) is 7.50. The molecule has 3 heterocycles. The van der Waals surface area contributed by atoms with Crippen molar-refractivity contribution in [1.82, 2.24) is 34.9 Å². The normalized spacial score (nSPS) is 20.2. The van der Waals surface area contributed by atoms with Gasteiger partial charge >= 0.3 is 16.3 Å². The zero-order valence-electron chi connectivity index (χ0n) is 19.8. The van der Waals surface area contributed by atoms with Gasteiger partial charge in [-0.1, -0.05) is 5.16 Å². The Hall–Kier alpha value is -4.21. The number of aliphatic carboxylic acids is 1. The average molecular weight is 587 g/mol. The van der Waals surface area contributed by atoms with E-state index in [2.05, 4.69) is 31.0 Å². The van der Waals surface area contributed by atoms with Crippen LogP contribution in [0.3, 0.4) is 0 Å². The highest BCUT2D eigenvalue weighted by atomic mass is 32.2. The van der Waals surface area contributed by atoms with Crippen LogP contribution in [0.5, 0.6) is 0 Å². The van der Waals surface area contributed by atoms with Gasteiger partial charge in [-0.15, -0.1) is 11.3 Å². The van der Waals surface area contributed by atoms with Crippen molar-refractivity contribution >= 4 is 56.2 Å². The van der Waals surface area contributed by atoms with E-state index < -0.39 is 63.9 Å². The number of carboxylic acid groups (broad SMARTS) is 1. The third kappa shape index (κ3) is 5.94. The standard InChI is InChI=1S/C18H22N10O9S2/c19-3-11(29)21-4-8-5-22-27(25-8)6-10-13(15(31)28(10)39(34,35)36)24-14(30)12(9-7-38-17(20)23-9)26-37-18(1-2-18)16(32)33/h5,7,10,13H,1-4,6,19H2,(H2,20,23)(H,21,29)(H,24,30)(H,32,33)(H,34,35,36)/b26-12-. The molecule has 2 aliphatic rings. The van der Waals surface area contributed by atoms with Gasteiger partial charge in [-0.2, -0.15) is 23.4 Å². The van der Waals surface area contributed by atoms with Crippen LogP contribution in [0.25, 0.3) is 0 Å². The molecule has 2 aromatic rings. The van der Waals surface area contributed by atoms with Crippen molar-refractivity contribution in [3.8, 4) is 0 Å². The molecule has 0 bridgehead atoms. The van der Waals surface area contributed by atoms with E-state index in [1.807, 2.05) is 0 Å². The molecule has 2 aromatic heterocycles. The minimum Gasteiger partial charge on any atom is -0.478 e. The van der Waals surface area contributed by atoms with Gasteiger partial charge in [-0.3, -0.25) is 18.9 Å². The first-order valence-corrected chi connectivity index (χ1v) is 13.3. The summed E-state index contributed by atoms with van der Waals surface area (Å²) in [5.41, 5.74) is 8.93. The number of carbonyl (C=O) groups excluding carboxylic acids is 3. The van der Waals surface area contributed by atoms with Gasteiger partial charge < -0.3 is 32.0 Å². The van der Waals surface area contributed by atoms with Crippen molar-refractivity contribution in [2.24, 2.45) is 10.9 Å². The van der Waals surface area contributed by atoms with Crippen LogP contribution in [-0.4, -0.2) is 96.0 Å². The molecule has 19 nitrogen and oxygen atoms in total. The fourth-order valence-electron chi connectivity index (χ4n) is 3.47. The zero-order valence-corrected chi connectivity index (χ0v) is 21.4. The number of carboxylic acids is 1. The molecule has 2 atom stereocenters. The average Bonchev–Trinajstić information content (AvgIpc) is 3.33. The summed E-state index contributed by atoms with van der Waals surface area (Å²) in [6.45, 7) is -0.670. The van der Waals surface area contributed by atoms with Gasteiger partial charge in [0.1, 0.15) is 23.5 Å². The lowest BCUT2D eigenvalue weighted by Gasteiger charge is -2.43. The molecule has 2 unspecified atom stereocenters. The highest BCUT2D eigenvalue weighted by Crippen LogP contribution is 2.40. The Morgan fingerprint density at radius 3 is 2.62 bits per heavy atom. The van der Waals surface area contributed by atoms with Crippen molar-refractivity contribution < 1.29 is 42.1 Å². The van der Waals surface area contributed by atoms with E-state index in [0.717, 1.165) is 16.1 Å². The molecular weight excluding hydrogens is 564 g/mol. The van der Waals surface area contributed by atoms with Crippen LogP contribution in [0.15, 0.2) is 16.7 Å². The number of thiazole rings is 1. The van der Waals surface area contributed by atoms with Crippen LogP contribution in [0.4, 0.5) is 5.13 Å². The Bertz CT molecular complexity index is 1450. The molecule has 1 aliphatic heterocycles. The summed E-state index contributed by atoms with van der Waals surface area (Å²) in [5.74, 6) is -3.96. The van der Waals surface area contributed by atoms with Crippen LogP contribution in [0, 0.1) is 0 Å². The number of nitrogens with zero attached hydrogens (tertiary/aromatic N) is 6. The van der Waals surface area contributed by atoms with Gasteiger partial charge in [0.05, 0.1) is 25.8 Å². The van der Waals surface area contributed by atoms with E-state index in [4.69, 9.17) is 16.3 Å². The second-order valence-electron chi connectivity index (χ2n) is 8.40. The molecule has 0 aromatic carbocycles. The maximum Gasteiger partial charge on any atom is 0.362 e. The summed E-state index contributed by atoms with van der Waals surface area (Å²) in [4.78, 5) is 58.5. The summed E-state index contributed by atoms with van der Waals surface area (Å²) >= 11 is 0.953.